The van der Waals surface area contributed by atoms with Crippen LogP contribution < -0.4 is 5.73 Å². The highest BCUT2D eigenvalue weighted by molar-refractivity contribution is 5.80. The normalized spacial score (nSPS) is 25.8. The molecule has 1 rings (SSSR count). The summed E-state index contributed by atoms with van der Waals surface area (Å²) in [5.41, 5.74) is 5.74. The van der Waals surface area contributed by atoms with E-state index in [1.54, 1.807) is 4.90 Å². The summed E-state index contributed by atoms with van der Waals surface area (Å²) in [4.78, 5) is 13.5. The standard InChI is InChI=1S/C10H16N2O2/c1-3-5-12(4-2)10(13)8-6-14-7-9(8)11/h1,8-9H,4-7,11H2,2H3. The molecule has 0 spiro atoms. The molecular formula is C10H16N2O2. The van der Waals surface area contributed by atoms with Crippen molar-refractivity contribution in [2.24, 2.45) is 11.7 Å². The third-order valence-electron chi connectivity index (χ3n) is 2.42. The lowest BCUT2D eigenvalue weighted by molar-refractivity contribution is -0.134. The van der Waals surface area contributed by atoms with Gasteiger partial charge < -0.3 is 15.4 Å². The Balaban J connectivity index is 2.58. The third-order valence-corrected chi connectivity index (χ3v) is 2.42. The fourth-order valence-electron chi connectivity index (χ4n) is 1.52. The van der Waals surface area contributed by atoms with E-state index >= 15 is 0 Å². The van der Waals surface area contributed by atoms with Crippen LogP contribution in [-0.2, 0) is 9.53 Å². The highest BCUT2D eigenvalue weighted by Gasteiger charge is 2.33. The van der Waals surface area contributed by atoms with Gasteiger partial charge in [-0.2, -0.15) is 0 Å². The highest BCUT2D eigenvalue weighted by Crippen LogP contribution is 2.14. The van der Waals surface area contributed by atoms with Gasteiger partial charge >= 0.3 is 0 Å². The number of amides is 1. The van der Waals surface area contributed by atoms with Gasteiger partial charge in [-0.15, -0.1) is 6.42 Å². The van der Waals surface area contributed by atoms with E-state index in [-0.39, 0.29) is 17.9 Å². The average Bonchev–Trinajstić information content (AvgIpc) is 2.59. The number of hydrogen-bond acceptors (Lipinski definition) is 3. The van der Waals surface area contributed by atoms with E-state index in [4.69, 9.17) is 16.9 Å². The minimum Gasteiger partial charge on any atom is -0.379 e. The molecule has 14 heavy (non-hydrogen) atoms. The Morgan fingerprint density at radius 3 is 2.86 bits per heavy atom. The van der Waals surface area contributed by atoms with Crippen molar-refractivity contribution in [2.45, 2.75) is 13.0 Å². The largest absolute Gasteiger partial charge is 0.379 e. The zero-order chi connectivity index (χ0) is 10.6. The lowest BCUT2D eigenvalue weighted by Gasteiger charge is -2.22. The van der Waals surface area contributed by atoms with Gasteiger partial charge in [-0.25, -0.2) is 0 Å². The van der Waals surface area contributed by atoms with E-state index in [1.165, 1.54) is 0 Å². The lowest BCUT2D eigenvalue weighted by atomic mass is 10.0. The molecule has 1 aliphatic rings. The Morgan fingerprint density at radius 2 is 2.43 bits per heavy atom. The number of carbonyl (C=O) groups is 1. The van der Waals surface area contributed by atoms with Crippen LogP contribution >= 0.6 is 0 Å². The highest BCUT2D eigenvalue weighted by atomic mass is 16.5. The van der Waals surface area contributed by atoms with Crippen LogP contribution in [0.25, 0.3) is 0 Å². The first-order valence-electron chi connectivity index (χ1n) is 4.76. The maximum absolute atomic E-state index is 11.8. The second kappa shape index (κ2) is 4.99. The van der Waals surface area contributed by atoms with Gasteiger partial charge in [-0.1, -0.05) is 5.92 Å². The Kier molecular flexibility index (Phi) is 3.93. The summed E-state index contributed by atoms with van der Waals surface area (Å²) < 4.78 is 5.14. The average molecular weight is 196 g/mol. The summed E-state index contributed by atoms with van der Waals surface area (Å²) in [5, 5.41) is 0. The monoisotopic (exact) mass is 196 g/mol. The molecule has 2 N–H and O–H groups in total. The zero-order valence-electron chi connectivity index (χ0n) is 8.40. The molecule has 0 aliphatic carbocycles. The van der Waals surface area contributed by atoms with Crippen molar-refractivity contribution in [3.8, 4) is 12.3 Å². The second-order valence-corrected chi connectivity index (χ2v) is 3.36. The Hall–Kier alpha value is -1.05. The molecule has 4 nitrogen and oxygen atoms in total. The van der Waals surface area contributed by atoms with Crippen molar-refractivity contribution < 1.29 is 9.53 Å². The van der Waals surface area contributed by atoms with Crippen LogP contribution in [0.15, 0.2) is 0 Å². The fraction of sp³-hybridized carbons (Fsp3) is 0.700. The Morgan fingerprint density at radius 1 is 1.71 bits per heavy atom. The second-order valence-electron chi connectivity index (χ2n) is 3.36. The summed E-state index contributed by atoms with van der Waals surface area (Å²) in [7, 11) is 0. The van der Waals surface area contributed by atoms with E-state index < -0.39 is 0 Å². The predicted molar refractivity (Wildman–Crippen MR) is 53.4 cm³/mol. The molecule has 2 atom stereocenters. The Bertz CT molecular complexity index is 247. The summed E-state index contributed by atoms with van der Waals surface area (Å²) in [6, 6.07) is -0.186. The van der Waals surface area contributed by atoms with Gasteiger partial charge in [-0.05, 0) is 6.92 Å². The molecule has 0 aromatic carbocycles. The van der Waals surface area contributed by atoms with Crippen LogP contribution in [0.5, 0.6) is 0 Å². The van der Waals surface area contributed by atoms with Gasteiger partial charge in [0.2, 0.25) is 5.91 Å². The molecule has 1 heterocycles. The molecular weight excluding hydrogens is 180 g/mol. The van der Waals surface area contributed by atoms with Crippen molar-refractivity contribution in [3.63, 3.8) is 0 Å². The molecule has 0 bridgehead atoms. The number of ether oxygens (including phenoxy) is 1. The predicted octanol–water partition coefficient (Wildman–Crippen LogP) is -0.558. The SMILES string of the molecule is C#CCN(CC)C(=O)C1COCC1N. The van der Waals surface area contributed by atoms with Crippen molar-refractivity contribution >= 4 is 5.91 Å². The van der Waals surface area contributed by atoms with Gasteiger partial charge in [0.25, 0.3) is 0 Å². The van der Waals surface area contributed by atoms with Crippen molar-refractivity contribution in [2.75, 3.05) is 26.3 Å². The summed E-state index contributed by atoms with van der Waals surface area (Å²) >= 11 is 0. The summed E-state index contributed by atoms with van der Waals surface area (Å²) in [6.45, 7) is 3.74. The van der Waals surface area contributed by atoms with E-state index in [2.05, 4.69) is 5.92 Å². The number of terminal acetylenes is 1. The maximum Gasteiger partial charge on any atom is 0.230 e. The first-order valence-corrected chi connectivity index (χ1v) is 4.76. The van der Waals surface area contributed by atoms with Crippen LogP contribution in [0.1, 0.15) is 6.92 Å². The first kappa shape index (κ1) is 11.0. The summed E-state index contributed by atoms with van der Waals surface area (Å²) in [6.07, 6.45) is 5.17. The molecule has 0 saturated carbocycles. The van der Waals surface area contributed by atoms with Gasteiger partial charge in [0.15, 0.2) is 0 Å². The Labute approximate surface area is 84.4 Å². The minimum absolute atomic E-state index is 0.00968. The van der Waals surface area contributed by atoms with Crippen LogP contribution in [-0.4, -0.2) is 43.2 Å². The molecule has 0 aromatic rings. The lowest BCUT2D eigenvalue weighted by Crippen LogP contribution is -2.43. The maximum atomic E-state index is 11.8. The zero-order valence-corrected chi connectivity index (χ0v) is 8.40. The van der Waals surface area contributed by atoms with Crippen LogP contribution in [0.3, 0.4) is 0 Å². The smallest absolute Gasteiger partial charge is 0.230 e. The van der Waals surface area contributed by atoms with Crippen LogP contribution in [0.2, 0.25) is 0 Å². The molecule has 2 unspecified atom stereocenters. The number of nitrogens with two attached hydrogens (primary N) is 1. The molecule has 1 fully saturated rings. The van der Waals surface area contributed by atoms with Crippen molar-refractivity contribution in [1.29, 1.82) is 0 Å². The topological polar surface area (TPSA) is 55.6 Å². The molecule has 1 saturated heterocycles. The van der Waals surface area contributed by atoms with Gasteiger partial charge in [0.1, 0.15) is 0 Å². The molecule has 1 aliphatic heterocycles. The van der Waals surface area contributed by atoms with E-state index in [1.807, 2.05) is 6.92 Å². The van der Waals surface area contributed by atoms with Crippen molar-refractivity contribution in [3.05, 3.63) is 0 Å². The molecule has 0 aromatic heterocycles. The quantitative estimate of drug-likeness (QED) is 0.616. The number of rotatable bonds is 3. The van der Waals surface area contributed by atoms with E-state index in [9.17, 15) is 4.79 Å². The molecule has 4 heteroatoms. The number of hydrogen-bond donors (Lipinski definition) is 1. The van der Waals surface area contributed by atoms with Crippen molar-refractivity contribution in [1.82, 2.24) is 4.90 Å². The van der Waals surface area contributed by atoms with Gasteiger partial charge in [0.05, 0.1) is 25.7 Å². The first-order chi connectivity index (χ1) is 6.70. The van der Waals surface area contributed by atoms with Crippen LogP contribution in [0.4, 0.5) is 0 Å². The molecule has 1 amide bonds. The van der Waals surface area contributed by atoms with Crippen LogP contribution in [0, 0.1) is 18.3 Å². The molecule has 0 radical (unpaired) electrons. The third kappa shape index (κ3) is 2.25. The van der Waals surface area contributed by atoms with E-state index in [0.717, 1.165) is 0 Å². The minimum atomic E-state index is -0.219. The van der Waals surface area contributed by atoms with Gasteiger partial charge in [-0.3, -0.25) is 4.79 Å². The molecule has 78 valence electrons. The fourth-order valence-corrected chi connectivity index (χ4v) is 1.52. The number of carbonyl (C=O) groups excluding carboxylic acids is 1. The summed E-state index contributed by atoms with van der Waals surface area (Å²) in [5.74, 6) is 2.25. The number of nitrogens with zero attached hydrogens (tertiary/aromatic N) is 1. The van der Waals surface area contributed by atoms with E-state index in [0.29, 0.717) is 26.3 Å². The van der Waals surface area contributed by atoms with Gasteiger partial charge in [0, 0.05) is 12.6 Å².